The average Bonchev–Trinajstić information content (AvgIpc) is 3.96. The second-order valence-corrected chi connectivity index (χ2v) is 15.2. The first-order valence-corrected chi connectivity index (χ1v) is 19.0. The van der Waals surface area contributed by atoms with Gasteiger partial charge in [-0.3, -0.25) is 9.69 Å². The molecule has 4 heterocycles. The van der Waals surface area contributed by atoms with E-state index in [0.717, 1.165) is 25.7 Å². The van der Waals surface area contributed by atoms with Gasteiger partial charge in [-0.25, -0.2) is 13.8 Å². The summed E-state index contributed by atoms with van der Waals surface area (Å²) < 4.78 is 84.4. The minimum atomic E-state index is -4.18. The lowest BCUT2D eigenvalue weighted by Crippen LogP contribution is -2.57. The minimum Gasteiger partial charge on any atom is -0.508 e. The Bertz CT molecular complexity index is 2140. The van der Waals surface area contributed by atoms with Crippen molar-refractivity contribution in [2.24, 2.45) is 11.3 Å². The molecule has 0 amide bonds. The molecule has 2 aromatic heterocycles. The Morgan fingerprint density at radius 2 is 1.68 bits per heavy atom. The van der Waals surface area contributed by atoms with Gasteiger partial charge >= 0.3 is 12.2 Å². The number of carbonyl (C=O) groups is 1. The number of piperidine rings is 1. The van der Waals surface area contributed by atoms with Crippen LogP contribution in [0.2, 0.25) is 0 Å². The SMILES string of the molecule is C#Cc1c(F)ccc2cc(O)cc(-c3nc(OC)c4c(N5CC(CC)N(C)C(CC)C5)nc(OCC5(CN6CCC(C(F)(F)F)CC6)CC5)nc4c3F)c12.O=CO. The van der Waals surface area contributed by atoms with Gasteiger partial charge in [0.05, 0.1) is 25.2 Å². The molecule has 2 aromatic carbocycles. The van der Waals surface area contributed by atoms with Crippen LogP contribution in [0.4, 0.5) is 27.8 Å². The predicted octanol–water partition coefficient (Wildman–Crippen LogP) is 7.26. The number of pyridine rings is 1. The third kappa shape index (κ3) is 8.50. The fourth-order valence-electron chi connectivity index (χ4n) is 8.26. The van der Waals surface area contributed by atoms with E-state index in [1.165, 1.54) is 31.4 Å². The molecule has 7 rings (SSSR count). The maximum atomic E-state index is 17.2. The molecule has 2 atom stereocenters. The highest BCUT2D eigenvalue weighted by Gasteiger charge is 2.47. The Morgan fingerprint density at radius 3 is 2.25 bits per heavy atom. The number of rotatable bonds is 10. The van der Waals surface area contributed by atoms with E-state index in [2.05, 4.69) is 51.5 Å². The quantitative estimate of drug-likeness (QED) is 0.0958. The molecule has 2 unspecified atom stereocenters. The van der Waals surface area contributed by atoms with Crippen LogP contribution in [0.5, 0.6) is 17.6 Å². The number of methoxy groups -OCH3 is 1. The number of benzene rings is 2. The monoisotopic (exact) mass is 798 g/mol. The summed E-state index contributed by atoms with van der Waals surface area (Å²) in [5.41, 5.74) is -0.725. The molecule has 0 spiro atoms. The summed E-state index contributed by atoms with van der Waals surface area (Å²) in [5.74, 6) is -0.242. The molecular formula is C41H47F5N6O5. The van der Waals surface area contributed by atoms with Crippen LogP contribution in [-0.2, 0) is 4.79 Å². The first kappa shape index (κ1) is 41.6. The lowest BCUT2D eigenvalue weighted by molar-refractivity contribution is -0.185. The van der Waals surface area contributed by atoms with Crippen molar-refractivity contribution in [2.75, 3.05) is 58.4 Å². The van der Waals surface area contributed by atoms with Gasteiger partial charge in [0.15, 0.2) is 5.82 Å². The van der Waals surface area contributed by atoms with Crippen LogP contribution in [0, 0.1) is 35.3 Å². The number of hydrogen-bond donors (Lipinski definition) is 2. The zero-order valence-electron chi connectivity index (χ0n) is 32.4. The van der Waals surface area contributed by atoms with Crippen molar-refractivity contribution in [2.45, 2.75) is 70.6 Å². The molecule has 306 valence electrons. The summed E-state index contributed by atoms with van der Waals surface area (Å²) >= 11 is 0. The number of anilines is 1. The standard InChI is InChI=1S/C40H45F5N6O3.CH2O2/c1-6-25-19-51(20-26(7-2)49(25)4)36-32-35(47-38(48-36)54-22-39(13-14-39)21-50-15-11-24(12-16-50)40(43,44)45)33(42)34(46-37(32)53-5)29-18-27(52)17-23-9-10-30(41)28(8-3)31(23)29;2-1-3/h3,9-10,17-18,24-26,52H,6-7,11-16,19-22H2,1-2,4-5H3;1H,(H,2,3). The molecule has 1 aliphatic carbocycles. The number of terminal acetylenes is 1. The summed E-state index contributed by atoms with van der Waals surface area (Å²) in [6.07, 6.45) is 5.08. The van der Waals surface area contributed by atoms with Gasteiger partial charge in [0.2, 0.25) is 5.88 Å². The second kappa shape index (κ2) is 16.8. The summed E-state index contributed by atoms with van der Waals surface area (Å²) in [6.45, 7) is 6.66. The lowest BCUT2D eigenvalue weighted by Gasteiger charge is -2.45. The van der Waals surface area contributed by atoms with Gasteiger partial charge in [0.1, 0.15) is 34.0 Å². The number of aromatic nitrogens is 3. The van der Waals surface area contributed by atoms with Gasteiger partial charge < -0.3 is 29.5 Å². The number of ether oxygens (including phenoxy) is 2. The minimum absolute atomic E-state index is 0.0269. The largest absolute Gasteiger partial charge is 0.508 e. The van der Waals surface area contributed by atoms with Crippen molar-refractivity contribution in [1.82, 2.24) is 24.8 Å². The van der Waals surface area contributed by atoms with E-state index in [4.69, 9.17) is 30.8 Å². The molecule has 3 aliphatic rings. The number of likely N-dealkylation sites (N-methyl/N-ethyl adjacent to an activating group) is 1. The summed E-state index contributed by atoms with van der Waals surface area (Å²) in [6, 6.07) is 5.62. The Hall–Kier alpha value is -5.01. The van der Waals surface area contributed by atoms with E-state index in [-0.39, 0.29) is 94.2 Å². The van der Waals surface area contributed by atoms with E-state index < -0.39 is 23.7 Å². The predicted molar refractivity (Wildman–Crippen MR) is 206 cm³/mol. The fourth-order valence-corrected chi connectivity index (χ4v) is 8.26. The number of carboxylic acid groups (broad SMARTS) is 1. The number of fused-ring (bicyclic) bond motifs is 2. The first-order valence-electron chi connectivity index (χ1n) is 19.0. The molecular weight excluding hydrogens is 751 g/mol. The molecule has 0 bridgehead atoms. The molecule has 2 N–H and O–H groups in total. The Balaban J connectivity index is 0.00000177. The Kier molecular flexibility index (Phi) is 12.3. The van der Waals surface area contributed by atoms with Crippen molar-refractivity contribution >= 4 is 34.0 Å². The third-order valence-electron chi connectivity index (χ3n) is 11.7. The molecule has 4 aromatic rings. The van der Waals surface area contributed by atoms with Crippen LogP contribution >= 0.6 is 0 Å². The topological polar surface area (TPSA) is 124 Å². The van der Waals surface area contributed by atoms with Crippen LogP contribution < -0.4 is 14.4 Å². The number of likely N-dealkylation sites (tertiary alicyclic amines) is 1. The van der Waals surface area contributed by atoms with Crippen LogP contribution in [0.1, 0.15) is 57.9 Å². The summed E-state index contributed by atoms with van der Waals surface area (Å²) in [7, 11) is 3.51. The van der Waals surface area contributed by atoms with Crippen molar-refractivity contribution in [1.29, 1.82) is 0 Å². The van der Waals surface area contributed by atoms with Crippen LogP contribution in [-0.4, -0.2) is 113 Å². The van der Waals surface area contributed by atoms with E-state index in [1.54, 1.807) is 0 Å². The molecule has 1 saturated carbocycles. The highest BCUT2D eigenvalue weighted by atomic mass is 19.4. The van der Waals surface area contributed by atoms with Gasteiger partial charge in [-0.1, -0.05) is 25.8 Å². The zero-order valence-corrected chi connectivity index (χ0v) is 32.4. The summed E-state index contributed by atoms with van der Waals surface area (Å²) in [4.78, 5) is 29.0. The van der Waals surface area contributed by atoms with Crippen molar-refractivity contribution < 1.29 is 46.4 Å². The molecule has 3 fully saturated rings. The molecule has 2 saturated heterocycles. The first-order chi connectivity index (χ1) is 27.2. The van der Waals surface area contributed by atoms with Crippen molar-refractivity contribution in [3.8, 4) is 41.2 Å². The molecule has 0 radical (unpaired) electrons. The van der Waals surface area contributed by atoms with E-state index >= 15 is 8.78 Å². The van der Waals surface area contributed by atoms with E-state index in [0.29, 0.717) is 43.9 Å². The van der Waals surface area contributed by atoms with Gasteiger partial charge in [-0.05, 0) is 82.2 Å². The van der Waals surface area contributed by atoms with Crippen molar-refractivity contribution in [3.63, 3.8) is 0 Å². The van der Waals surface area contributed by atoms with Gasteiger partial charge in [0.25, 0.3) is 6.47 Å². The maximum Gasteiger partial charge on any atom is 0.391 e. The summed E-state index contributed by atoms with van der Waals surface area (Å²) in [5, 5.41) is 18.4. The smallest absolute Gasteiger partial charge is 0.391 e. The van der Waals surface area contributed by atoms with Crippen molar-refractivity contribution in [3.05, 3.63) is 41.5 Å². The number of hydrogen-bond acceptors (Lipinski definition) is 10. The average molecular weight is 799 g/mol. The van der Waals surface area contributed by atoms with E-state index in [1.807, 2.05) is 0 Å². The van der Waals surface area contributed by atoms with Gasteiger partial charge in [0, 0.05) is 48.1 Å². The molecule has 57 heavy (non-hydrogen) atoms. The lowest BCUT2D eigenvalue weighted by atomic mass is 9.95. The number of halogens is 5. The molecule has 2 aliphatic heterocycles. The number of nitrogens with zero attached hydrogens (tertiary/aromatic N) is 6. The van der Waals surface area contributed by atoms with Crippen LogP contribution in [0.15, 0.2) is 24.3 Å². The number of phenols is 1. The van der Waals surface area contributed by atoms with Gasteiger partial charge in [-0.15, -0.1) is 6.42 Å². The second-order valence-electron chi connectivity index (χ2n) is 15.2. The third-order valence-corrected chi connectivity index (χ3v) is 11.7. The van der Waals surface area contributed by atoms with Gasteiger partial charge in [-0.2, -0.15) is 23.1 Å². The highest BCUT2D eigenvalue weighted by Crippen LogP contribution is 2.48. The number of aromatic hydroxyl groups is 1. The maximum absolute atomic E-state index is 17.2. The van der Waals surface area contributed by atoms with E-state index in [9.17, 15) is 18.3 Å². The number of alkyl halides is 3. The highest BCUT2D eigenvalue weighted by molar-refractivity contribution is 6.04. The zero-order chi connectivity index (χ0) is 41.2. The van der Waals surface area contributed by atoms with Crippen LogP contribution in [0.3, 0.4) is 0 Å². The van der Waals surface area contributed by atoms with Crippen LogP contribution in [0.25, 0.3) is 32.9 Å². The molecule has 16 heteroatoms. The fraction of sp³-hybridized carbons (Fsp3) is 0.512. The number of phenolic OH excluding ortho intramolecular Hbond substituents is 1. The Labute approximate surface area is 327 Å². The number of piperazine rings is 1. The Morgan fingerprint density at radius 1 is 1.04 bits per heavy atom. The molecule has 11 nitrogen and oxygen atoms in total. The normalized spacial score (nSPS) is 20.2.